The molecule has 0 unspecified atom stereocenters. The van der Waals surface area contributed by atoms with Crippen molar-refractivity contribution >= 4 is 49.4 Å². The van der Waals surface area contributed by atoms with E-state index in [0.29, 0.717) is 23.1 Å². The van der Waals surface area contributed by atoms with Crippen molar-refractivity contribution in [3.05, 3.63) is 67.7 Å². The summed E-state index contributed by atoms with van der Waals surface area (Å²) < 4.78 is 14.9. The van der Waals surface area contributed by atoms with E-state index in [2.05, 4.69) is 42.3 Å². The first kappa shape index (κ1) is 21.0. The molecule has 3 rings (SSSR count). The molecule has 0 saturated heterocycles. The number of nitrogens with zero attached hydrogens (tertiary/aromatic N) is 2. The Bertz CT molecular complexity index is 952. The average Bonchev–Trinajstić information content (AvgIpc) is 3.25. The van der Waals surface area contributed by atoms with Gasteiger partial charge in [0, 0.05) is 23.8 Å². The smallest absolute Gasteiger partial charge is 0.286 e. The van der Waals surface area contributed by atoms with Crippen LogP contribution >= 0.6 is 43.5 Å². The largest absolute Gasteiger partial charge is 0.484 e. The Hall–Kier alpha value is -1.77. The second-order valence-electron chi connectivity index (χ2n) is 6.06. The first-order valence-corrected chi connectivity index (χ1v) is 10.5. The zero-order valence-electron chi connectivity index (χ0n) is 15.0. The van der Waals surface area contributed by atoms with E-state index in [4.69, 9.17) is 20.8 Å². The number of nitrogens with one attached hydrogen (secondary N) is 1. The number of furan rings is 1. The Kier molecular flexibility index (Phi) is 7.20. The molecule has 0 saturated carbocycles. The molecule has 148 valence electrons. The van der Waals surface area contributed by atoms with Gasteiger partial charge in [0.15, 0.2) is 5.76 Å². The lowest BCUT2D eigenvalue weighted by molar-refractivity contribution is 0.0921. The minimum absolute atomic E-state index is 0.183. The molecule has 0 fully saturated rings. The lowest BCUT2D eigenvalue weighted by Crippen LogP contribution is -2.24. The van der Waals surface area contributed by atoms with Crippen LogP contribution in [0.3, 0.4) is 0 Å². The van der Waals surface area contributed by atoms with E-state index >= 15 is 0 Å². The van der Waals surface area contributed by atoms with Crippen LogP contribution in [0.5, 0.6) is 5.75 Å². The van der Waals surface area contributed by atoms with Gasteiger partial charge < -0.3 is 14.5 Å². The third-order valence-corrected chi connectivity index (χ3v) is 5.45. The van der Waals surface area contributed by atoms with Crippen LogP contribution in [0.1, 0.15) is 28.4 Å². The maximum absolute atomic E-state index is 12.2. The van der Waals surface area contributed by atoms with Gasteiger partial charge in [-0.1, -0.05) is 27.5 Å². The number of carbonyl (C=O) groups excluding carboxylic acids is 1. The first-order chi connectivity index (χ1) is 13.4. The van der Waals surface area contributed by atoms with Gasteiger partial charge in [-0.3, -0.25) is 9.48 Å². The Morgan fingerprint density at radius 2 is 2.14 bits per heavy atom. The molecule has 0 aliphatic rings. The molecule has 0 spiro atoms. The van der Waals surface area contributed by atoms with Gasteiger partial charge in [-0.25, -0.2) is 0 Å². The van der Waals surface area contributed by atoms with Gasteiger partial charge in [-0.05, 0) is 59.6 Å². The van der Waals surface area contributed by atoms with Gasteiger partial charge in [0.1, 0.15) is 18.1 Å². The molecule has 1 aromatic carbocycles. The summed E-state index contributed by atoms with van der Waals surface area (Å²) in [6.07, 6.45) is 2.69. The van der Waals surface area contributed by atoms with Crippen molar-refractivity contribution in [2.75, 3.05) is 6.54 Å². The van der Waals surface area contributed by atoms with E-state index < -0.39 is 0 Å². The van der Waals surface area contributed by atoms with Crippen LogP contribution < -0.4 is 10.1 Å². The summed E-state index contributed by atoms with van der Waals surface area (Å²) in [5, 5.41) is 7.70. The number of hydrogen-bond donors (Lipinski definition) is 1. The molecule has 0 aliphatic carbocycles. The minimum Gasteiger partial charge on any atom is -0.484 e. The van der Waals surface area contributed by atoms with Crippen molar-refractivity contribution < 1.29 is 13.9 Å². The normalized spacial score (nSPS) is 10.9. The fraction of sp³-hybridized carbons (Fsp3) is 0.263. The molecule has 1 N–H and O–H groups in total. The molecular weight excluding hydrogens is 513 g/mol. The Labute approximate surface area is 184 Å². The van der Waals surface area contributed by atoms with Crippen LogP contribution in [0.25, 0.3) is 0 Å². The standard InChI is InChI=1S/C19H18Br2ClN3O3/c1-12-15(21)10-25(24-12)8-2-7-23-19(26)18-6-4-14(28-18)11-27-17-5-3-13(20)9-16(17)22/h3-6,9-10H,2,7-8,11H2,1H3,(H,23,26). The lowest BCUT2D eigenvalue weighted by Gasteiger charge is -2.06. The van der Waals surface area contributed by atoms with E-state index in [1.165, 1.54) is 0 Å². The second-order valence-corrected chi connectivity index (χ2v) is 8.24. The highest BCUT2D eigenvalue weighted by Gasteiger charge is 2.12. The molecule has 0 atom stereocenters. The Balaban J connectivity index is 1.44. The molecule has 28 heavy (non-hydrogen) atoms. The van der Waals surface area contributed by atoms with Crippen molar-refractivity contribution in [2.45, 2.75) is 26.5 Å². The molecular formula is C19H18Br2ClN3O3. The summed E-state index contributed by atoms with van der Waals surface area (Å²) in [5.74, 6) is 1.08. The van der Waals surface area contributed by atoms with E-state index in [1.54, 1.807) is 24.3 Å². The van der Waals surface area contributed by atoms with Crippen LogP contribution in [-0.4, -0.2) is 22.2 Å². The Morgan fingerprint density at radius 1 is 1.32 bits per heavy atom. The highest BCUT2D eigenvalue weighted by Crippen LogP contribution is 2.28. The zero-order chi connectivity index (χ0) is 20.1. The van der Waals surface area contributed by atoms with Crippen molar-refractivity contribution in [3.8, 4) is 5.75 Å². The summed E-state index contributed by atoms with van der Waals surface area (Å²) in [7, 11) is 0. The average molecular weight is 532 g/mol. The predicted octanol–water partition coefficient (Wildman–Crippen LogP) is 5.36. The number of halogens is 3. The van der Waals surface area contributed by atoms with Gasteiger partial charge >= 0.3 is 0 Å². The topological polar surface area (TPSA) is 69.3 Å². The van der Waals surface area contributed by atoms with Gasteiger partial charge in [-0.2, -0.15) is 5.10 Å². The number of aromatic nitrogens is 2. The SMILES string of the molecule is Cc1nn(CCCNC(=O)c2ccc(COc3ccc(Br)cc3Cl)o2)cc1Br. The molecule has 1 amide bonds. The summed E-state index contributed by atoms with van der Waals surface area (Å²) in [4.78, 5) is 12.2. The minimum atomic E-state index is -0.259. The molecule has 9 heteroatoms. The number of hydrogen-bond acceptors (Lipinski definition) is 4. The quantitative estimate of drug-likeness (QED) is 0.397. The fourth-order valence-electron chi connectivity index (χ4n) is 2.46. The predicted molar refractivity (Wildman–Crippen MR) is 114 cm³/mol. The number of rotatable bonds is 8. The monoisotopic (exact) mass is 529 g/mol. The number of benzene rings is 1. The highest BCUT2D eigenvalue weighted by molar-refractivity contribution is 9.10. The summed E-state index contributed by atoms with van der Waals surface area (Å²) in [6, 6.07) is 8.70. The highest BCUT2D eigenvalue weighted by atomic mass is 79.9. The van der Waals surface area contributed by atoms with E-state index in [-0.39, 0.29) is 18.3 Å². The molecule has 0 bridgehead atoms. The second kappa shape index (κ2) is 9.62. The van der Waals surface area contributed by atoms with E-state index in [1.807, 2.05) is 23.9 Å². The number of amides is 1. The molecule has 3 aromatic rings. The van der Waals surface area contributed by atoms with Crippen LogP contribution in [0.2, 0.25) is 5.02 Å². The maximum Gasteiger partial charge on any atom is 0.286 e. The van der Waals surface area contributed by atoms with Gasteiger partial charge in [0.2, 0.25) is 0 Å². The molecule has 2 aromatic heterocycles. The molecule has 0 aliphatic heterocycles. The Morgan fingerprint density at radius 3 is 2.86 bits per heavy atom. The van der Waals surface area contributed by atoms with Crippen LogP contribution in [0.4, 0.5) is 0 Å². The van der Waals surface area contributed by atoms with E-state index in [0.717, 1.165) is 27.6 Å². The zero-order valence-corrected chi connectivity index (χ0v) is 19.0. The maximum atomic E-state index is 12.2. The van der Waals surface area contributed by atoms with Crippen LogP contribution in [0.15, 0.2) is 49.9 Å². The summed E-state index contributed by atoms with van der Waals surface area (Å²) in [6.45, 7) is 3.36. The van der Waals surface area contributed by atoms with Gasteiger partial charge in [0.05, 0.1) is 15.2 Å². The van der Waals surface area contributed by atoms with Gasteiger partial charge in [0.25, 0.3) is 5.91 Å². The van der Waals surface area contributed by atoms with Crippen molar-refractivity contribution in [2.24, 2.45) is 0 Å². The van der Waals surface area contributed by atoms with Crippen molar-refractivity contribution in [3.63, 3.8) is 0 Å². The van der Waals surface area contributed by atoms with Crippen molar-refractivity contribution in [1.29, 1.82) is 0 Å². The molecule has 6 nitrogen and oxygen atoms in total. The third kappa shape index (κ3) is 5.62. The van der Waals surface area contributed by atoms with Crippen LogP contribution in [0, 0.1) is 6.92 Å². The lowest BCUT2D eigenvalue weighted by atomic mass is 10.3. The first-order valence-electron chi connectivity index (χ1n) is 8.56. The van der Waals surface area contributed by atoms with E-state index in [9.17, 15) is 4.79 Å². The van der Waals surface area contributed by atoms with Gasteiger partial charge in [-0.15, -0.1) is 0 Å². The van der Waals surface area contributed by atoms with Crippen molar-refractivity contribution in [1.82, 2.24) is 15.1 Å². The van der Waals surface area contributed by atoms with Crippen LogP contribution in [-0.2, 0) is 13.2 Å². The number of carbonyl (C=O) groups is 1. The molecule has 2 heterocycles. The summed E-state index contributed by atoms with van der Waals surface area (Å²) in [5.41, 5.74) is 0.943. The third-order valence-electron chi connectivity index (χ3n) is 3.89. The fourth-order valence-corrected chi connectivity index (χ4v) is 3.50. The molecule has 0 radical (unpaired) electrons. The number of ether oxygens (including phenoxy) is 1. The summed E-state index contributed by atoms with van der Waals surface area (Å²) >= 11 is 12.9. The number of aryl methyl sites for hydroxylation is 2.